The monoisotopic (exact) mass is 249 g/mol. The van der Waals surface area contributed by atoms with Crippen LogP contribution in [-0.2, 0) is 6.42 Å². The van der Waals surface area contributed by atoms with E-state index < -0.39 is 0 Å². The average Bonchev–Trinajstić information content (AvgIpc) is 2.20. The highest BCUT2D eigenvalue weighted by Crippen LogP contribution is 2.41. The summed E-state index contributed by atoms with van der Waals surface area (Å²) >= 11 is 0. The van der Waals surface area contributed by atoms with Gasteiger partial charge in [-0.05, 0) is 61.3 Å². The van der Waals surface area contributed by atoms with Crippen LogP contribution in [0.25, 0.3) is 0 Å². The summed E-state index contributed by atoms with van der Waals surface area (Å²) < 4.78 is 13.1. The SMILES string of the molecule is Cc1cc(F)ccc1CC1(N)CCCC(C)(C)C1. The molecule has 2 N–H and O–H groups in total. The molecule has 0 amide bonds. The molecule has 1 nitrogen and oxygen atoms in total. The number of benzene rings is 1. The summed E-state index contributed by atoms with van der Waals surface area (Å²) in [6.45, 7) is 6.56. The zero-order chi connectivity index (χ0) is 13.4. The molecule has 0 spiro atoms. The summed E-state index contributed by atoms with van der Waals surface area (Å²) in [4.78, 5) is 0. The molecular weight excluding hydrogens is 225 g/mol. The maximum Gasteiger partial charge on any atom is 0.123 e. The van der Waals surface area contributed by atoms with Crippen LogP contribution in [0.3, 0.4) is 0 Å². The van der Waals surface area contributed by atoms with Gasteiger partial charge in [0.2, 0.25) is 0 Å². The van der Waals surface area contributed by atoms with E-state index in [9.17, 15) is 4.39 Å². The molecule has 1 saturated carbocycles. The first-order valence-electron chi connectivity index (χ1n) is 6.84. The van der Waals surface area contributed by atoms with E-state index in [1.54, 1.807) is 12.1 Å². The van der Waals surface area contributed by atoms with E-state index in [2.05, 4.69) is 13.8 Å². The molecule has 100 valence electrons. The van der Waals surface area contributed by atoms with Crippen molar-refractivity contribution in [1.82, 2.24) is 0 Å². The third-order valence-corrected chi connectivity index (χ3v) is 4.21. The predicted molar refractivity (Wildman–Crippen MR) is 74.0 cm³/mol. The minimum atomic E-state index is -0.161. The lowest BCUT2D eigenvalue weighted by molar-refractivity contribution is 0.151. The van der Waals surface area contributed by atoms with E-state index in [0.717, 1.165) is 24.8 Å². The van der Waals surface area contributed by atoms with Gasteiger partial charge in [-0.15, -0.1) is 0 Å². The number of halogens is 1. The van der Waals surface area contributed by atoms with Gasteiger partial charge in [0.1, 0.15) is 5.82 Å². The van der Waals surface area contributed by atoms with Crippen molar-refractivity contribution in [2.45, 2.75) is 58.4 Å². The topological polar surface area (TPSA) is 26.0 Å². The molecule has 1 aliphatic carbocycles. The Kier molecular flexibility index (Phi) is 3.50. The third kappa shape index (κ3) is 3.11. The Balaban J connectivity index is 2.17. The van der Waals surface area contributed by atoms with Crippen LogP contribution in [-0.4, -0.2) is 5.54 Å². The minimum Gasteiger partial charge on any atom is -0.325 e. The Bertz CT molecular complexity index is 439. The Hall–Kier alpha value is -0.890. The highest BCUT2D eigenvalue weighted by atomic mass is 19.1. The third-order valence-electron chi connectivity index (χ3n) is 4.21. The molecule has 0 radical (unpaired) electrons. The molecule has 1 aromatic carbocycles. The molecule has 2 rings (SSSR count). The van der Waals surface area contributed by atoms with E-state index in [4.69, 9.17) is 5.73 Å². The van der Waals surface area contributed by atoms with Gasteiger partial charge in [0.05, 0.1) is 0 Å². The summed E-state index contributed by atoms with van der Waals surface area (Å²) in [6, 6.07) is 5.03. The van der Waals surface area contributed by atoms with Crippen LogP contribution < -0.4 is 5.73 Å². The molecule has 0 saturated heterocycles. The Morgan fingerprint density at radius 3 is 2.61 bits per heavy atom. The molecule has 18 heavy (non-hydrogen) atoms. The van der Waals surface area contributed by atoms with Gasteiger partial charge in [-0.2, -0.15) is 0 Å². The maximum atomic E-state index is 13.1. The lowest BCUT2D eigenvalue weighted by Crippen LogP contribution is -2.48. The van der Waals surface area contributed by atoms with Gasteiger partial charge in [-0.25, -0.2) is 4.39 Å². The predicted octanol–water partition coefficient (Wildman–Crippen LogP) is 3.97. The summed E-state index contributed by atoms with van der Waals surface area (Å²) in [7, 11) is 0. The molecule has 1 aromatic rings. The van der Waals surface area contributed by atoms with Crippen LogP contribution in [0.1, 0.15) is 50.7 Å². The van der Waals surface area contributed by atoms with Gasteiger partial charge in [0.15, 0.2) is 0 Å². The molecular formula is C16H24FN. The van der Waals surface area contributed by atoms with Crippen molar-refractivity contribution in [2.24, 2.45) is 11.1 Å². The Morgan fingerprint density at radius 2 is 2.00 bits per heavy atom. The molecule has 0 aromatic heterocycles. The van der Waals surface area contributed by atoms with Gasteiger partial charge in [0.25, 0.3) is 0 Å². The lowest BCUT2D eigenvalue weighted by Gasteiger charge is -2.43. The molecule has 0 aliphatic heterocycles. The maximum absolute atomic E-state index is 13.1. The van der Waals surface area contributed by atoms with Crippen LogP contribution in [0, 0.1) is 18.2 Å². The average molecular weight is 249 g/mol. The fourth-order valence-electron chi connectivity index (χ4n) is 3.44. The first-order chi connectivity index (χ1) is 8.30. The van der Waals surface area contributed by atoms with E-state index in [-0.39, 0.29) is 11.4 Å². The van der Waals surface area contributed by atoms with Crippen molar-refractivity contribution in [3.05, 3.63) is 35.1 Å². The van der Waals surface area contributed by atoms with Crippen molar-refractivity contribution in [2.75, 3.05) is 0 Å². The standard InChI is InChI=1S/C16H24FN/c1-12-9-14(17)6-5-13(12)10-16(18)8-4-7-15(2,3)11-16/h5-6,9H,4,7-8,10-11,18H2,1-3H3. The molecule has 2 heteroatoms. The van der Waals surface area contributed by atoms with Crippen molar-refractivity contribution in [1.29, 1.82) is 0 Å². The van der Waals surface area contributed by atoms with Crippen LogP contribution >= 0.6 is 0 Å². The molecule has 1 fully saturated rings. The van der Waals surface area contributed by atoms with Crippen LogP contribution in [0.15, 0.2) is 18.2 Å². The van der Waals surface area contributed by atoms with E-state index in [1.165, 1.54) is 18.4 Å². The number of nitrogens with two attached hydrogens (primary N) is 1. The van der Waals surface area contributed by atoms with Gasteiger partial charge < -0.3 is 5.73 Å². The normalized spacial score (nSPS) is 27.2. The largest absolute Gasteiger partial charge is 0.325 e. The number of aryl methyl sites for hydroxylation is 1. The van der Waals surface area contributed by atoms with Crippen molar-refractivity contribution in [3.8, 4) is 0 Å². The fraction of sp³-hybridized carbons (Fsp3) is 0.625. The van der Waals surface area contributed by atoms with Gasteiger partial charge >= 0.3 is 0 Å². The van der Waals surface area contributed by atoms with Crippen molar-refractivity contribution < 1.29 is 4.39 Å². The van der Waals surface area contributed by atoms with Crippen LogP contribution in [0.4, 0.5) is 4.39 Å². The Labute approximate surface area is 110 Å². The second kappa shape index (κ2) is 4.65. The van der Waals surface area contributed by atoms with E-state index in [1.807, 2.05) is 13.0 Å². The van der Waals surface area contributed by atoms with Gasteiger partial charge in [0, 0.05) is 5.54 Å². The lowest BCUT2D eigenvalue weighted by atomic mass is 9.66. The summed E-state index contributed by atoms with van der Waals surface area (Å²) in [5.74, 6) is -0.161. The second-order valence-corrected chi connectivity index (χ2v) is 6.80. The smallest absolute Gasteiger partial charge is 0.123 e. The molecule has 1 atom stereocenters. The van der Waals surface area contributed by atoms with Crippen LogP contribution in [0.2, 0.25) is 0 Å². The molecule has 1 aliphatic rings. The number of hydrogen-bond donors (Lipinski definition) is 1. The zero-order valence-corrected chi connectivity index (χ0v) is 11.7. The molecule has 0 heterocycles. The second-order valence-electron chi connectivity index (χ2n) is 6.80. The first kappa shape index (κ1) is 13.5. The van der Waals surface area contributed by atoms with Gasteiger partial charge in [-0.1, -0.05) is 26.3 Å². The summed E-state index contributed by atoms with van der Waals surface area (Å²) in [5, 5.41) is 0. The van der Waals surface area contributed by atoms with E-state index in [0.29, 0.717) is 5.41 Å². The number of hydrogen-bond acceptors (Lipinski definition) is 1. The summed E-state index contributed by atoms with van der Waals surface area (Å²) in [5.41, 5.74) is 9.00. The molecule has 1 unspecified atom stereocenters. The quantitative estimate of drug-likeness (QED) is 0.843. The van der Waals surface area contributed by atoms with Gasteiger partial charge in [-0.3, -0.25) is 0 Å². The zero-order valence-electron chi connectivity index (χ0n) is 11.7. The minimum absolute atomic E-state index is 0.121. The van der Waals surface area contributed by atoms with Crippen molar-refractivity contribution in [3.63, 3.8) is 0 Å². The van der Waals surface area contributed by atoms with Crippen LogP contribution in [0.5, 0.6) is 0 Å². The fourth-order valence-corrected chi connectivity index (χ4v) is 3.44. The first-order valence-corrected chi connectivity index (χ1v) is 6.84. The summed E-state index contributed by atoms with van der Waals surface area (Å²) in [6.07, 6.45) is 5.45. The molecule has 0 bridgehead atoms. The Morgan fingerprint density at radius 1 is 1.28 bits per heavy atom. The van der Waals surface area contributed by atoms with E-state index >= 15 is 0 Å². The van der Waals surface area contributed by atoms with Crippen molar-refractivity contribution >= 4 is 0 Å². The highest BCUT2D eigenvalue weighted by Gasteiger charge is 2.37. The highest BCUT2D eigenvalue weighted by molar-refractivity contribution is 5.28. The number of rotatable bonds is 2.